The molecule has 0 bridgehead atoms. The second-order valence-electron chi connectivity index (χ2n) is 4.29. The van der Waals surface area contributed by atoms with Crippen molar-refractivity contribution in [3.8, 4) is 0 Å². The van der Waals surface area contributed by atoms with Gasteiger partial charge in [0.15, 0.2) is 6.61 Å². The zero-order valence-corrected chi connectivity index (χ0v) is 12.9. The number of carbonyl (C=O) groups excluding carboxylic acids is 2. The van der Waals surface area contributed by atoms with Gasteiger partial charge in [-0.05, 0) is 24.6 Å². The van der Waals surface area contributed by atoms with Crippen LogP contribution in [0.5, 0.6) is 0 Å². The van der Waals surface area contributed by atoms with Gasteiger partial charge in [-0.3, -0.25) is 4.79 Å². The molecule has 1 aromatic rings. The molecule has 6 nitrogen and oxygen atoms in total. The number of carbonyl (C=O) groups is 2. The summed E-state index contributed by atoms with van der Waals surface area (Å²) in [5.41, 5.74) is 1.67. The minimum atomic E-state index is -0.727. The lowest BCUT2D eigenvalue weighted by atomic mass is 10.2. The quantitative estimate of drug-likeness (QED) is 0.837. The molecule has 112 valence electrons. The van der Waals surface area contributed by atoms with Crippen molar-refractivity contribution in [3.63, 3.8) is 0 Å². The van der Waals surface area contributed by atoms with Crippen LogP contribution in [0.1, 0.15) is 5.56 Å². The topological polar surface area (TPSA) is 73.9 Å². The van der Waals surface area contributed by atoms with E-state index in [1.54, 1.807) is 12.1 Å². The first-order valence-corrected chi connectivity index (χ1v) is 7.03. The molecule has 1 N–H and O–H groups in total. The largest absolute Gasteiger partial charge is 0.493 e. The molecular weight excluding hydrogens is 342 g/mol. The van der Waals surface area contributed by atoms with Crippen LogP contribution in [-0.2, 0) is 23.8 Å². The second kappa shape index (κ2) is 7.12. The van der Waals surface area contributed by atoms with Crippen molar-refractivity contribution in [1.29, 1.82) is 0 Å². The molecule has 0 unspecified atom stereocenters. The lowest BCUT2D eigenvalue weighted by molar-refractivity contribution is -0.148. The van der Waals surface area contributed by atoms with E-state index in [0.717, 1.165) is 10.0 Å². The van der Waals surface area contributed by atoms with Gasteiger partial charge in [0, 0.05) is 10.2 Å². The number of anilines is 1. The molecule has 1 amide bonds. The summed E-state index contributed by atoms with van der Waals surface area (Å²) in [7, 11) is 0. The highest BCUT2D eigenvalue weighted by Crippen LogP contribution is 2.20. The lowest BCUT2D eigenvalue weighted by Crippen LogP contribution is -2.23. The van der Waals surface area contributed by atoms with E-state index in [1.165, 1.54) is 6.26 Å². The van der Waals surface area contributed by atoms with E-state index in [1.807, 2.05) is 13.0 Å². The number of aryl methyl sites for hydroxylation is 1. The summed E-state index contributed by atoms with van der Waals surface area (Å²) in [6, 6.07) is 5.40. The fourth-order valence-corrected chi connectivity index (χ4v) is 1.92. The van der Waals surface area contributed by atoms with Gasteiger partial charge in [0.1, 0.15) is 19.5 Å². The predicted molar refractivity (Wildman–Crippen MR) is 78.5 cm³/mol. The summed E-state index contributed by atoms with van der Waals surface area (Å²) in [6.45, 7) is 2.21. The van der Waals surface area contributed by atoms with Crippen LogP contribution in [0.25, 0.3) is 0 Å². The molecule has 0 saturated heterocycles. The minimum Gasteiger partial charge on any atom is -0.493 e. The van der Waals surface area contributed by atoms with Crippen LogP contribution in [0.4, 0.5) is 5.69 Å². The fraction of sp³-hybridized carbons (Fsp3) is 0.286. The van der Waals surface area contributed by atoms with Crippen molar-refractivity contribution in [2.45, 2.75) is 6.92 Å². The molecule has 1 aliphatic heterocycles. The first-order valence-electron chi connectivity index (χ1n) is 6.24. The van der Waals surface area contributed by atoms with Gasteiger partial charge in [-0.25, -0.2) is 4.79 Å². The highest BCUT2D eigenvalue weighted by molar-refractivity contribution is 9.10. The van der Waals surface area contributed by atoms with E-state index in [9.17, 15) is 9.59 Å². The SMILES string of the molecule is Cc1ccc(NC(=O)COC(=O)C2=COCCO2)cc1Br. The monoisotopic (exact) mass is 355 g/mol. The third-order valence-corrected chi connectivity index (χ3v) is 3.49. The minimum absolute atomic E-state index is 0.0351. The van der Waals surface area contributed by atoms with E-state index < -0.39 is 18.5 Å². The van der Waals surface area contributed by atoms with Gasteiger partial charge in [0.2, 0.25) is 5.76 Å². The van der Waals surface area contributed by atoms with Crippen molar-refractivity contribution >= 4 is 33.5 Å². The maximum atomic E-state index is 11.7. The molecule has 1 aliphatic rings. The molecule has 0 fully saturated rings. The molecule has 0 radical (unpaired) electrons. The smallest absolute Gasteiger partial charge is 0.377 e. The average molecular weight is 356 g/mol. The Kier molecular flexibility index (Phi) is 5.21. The number of amides is 1. The van der Waals surface area contributed by atoms with Crippen molar-refractivity contribution in [3.05, 3.63) is 40.3 Å². The Hall–Kier alpha value is -2.02. The van der Waals surface area contributed by atoms with Crippen LogP contribution in [0.3, 0.4) is 0 Å². The number of nitrogens with one attached hydrogen (secondary N) is 1. The Labute approximate surface area is 130 Å². The van der Waals surface area contributed by atoms with Gasteiger partial charge in [-0.2, -0.15) is 0 Å². The molecule has 1 heterocycles. The zero-order chi connectivity index (χ0) is 15.2. The van der Waals surface area contributed by atoms with Gasteiger partial charge in [0.05, 0.1) is 0 Å². The summed E-state index contributed by atoms with van der Waals surface area (Å²) >= 11 is 3.38. The molecule has 7 heteroatoms. The van der Waals surface area contributed by atoms with Gasteiger partial charge in [0.25, 0.3) is 5.91 Å². The van der Waals surface area contributed by atoms with Crippen LogP contribution in [0.15, 0.2) is 34.7 Å². The first kappa shape index (κ1) is 15.4. The standard InChI is InChI=1S/C14H14BrNO5/c1-9-2-3-10(6-11(9)15)16-13(17)8-21-14(18)12-7-19-4-5-20-12/h2-3,6-7H,4-5,8H2,1H3,(H,16,17). The number of halogens is 1. The van der Waals surface area contributed by atoms with E-state index >= 15 is 0 Å². The zero-order valence-electron chi connectivity index (χ0n) is 11.3. The maximum absolute atomic E-state index is 11.7. The summed E-state index contributed by atoms with van der Waals surface area (Å²) in [6.07, 6.45) is 1.18. The maximum Gasteiger partial charge on any atom is 0.377 e. The van der Waals surface area contributed by atoms with E-state index in [-0.39, 0.29) is 12.4 Å². The van der Waals surface area contributed by atoms with Gasteiger partial charge in [-0.1, -0.05) is 22.0 Å². The molecule has 21 heavy (non-hydrogen) atoms. The average Bonchev–Trinajstić information content (AvgIpc) is 2.49. The van der Waals surface area contributed by atoms with Crippen molar-refractivity contribution in [2.24, 2.45) is 0 Å². The summed E-state index contributed by atoms with van der Waals surface area (Å²) < 4.78 is 15.7. The Bertz CT molecular complexity index is 585. The number of hydrogen-bond donors (Lipinski definition) is 1. The molecule has 2 rings (SSSR count). The normalized spacial score (nSPS) is 13.5. The molecule has 0 spiro atoms. The second-order valence-corrected chi connectivity index (χ2v) is 5.14. The van der Waals surface area contributed by atoms with E-state index in [2.05, 4.69) is 21.2 Å². The number of rotatable bonds is 4. The number of esters is 1. The number of ether oxygens (including phenoxy) is 3. The number of benzene rings is 1. The summed E-state index contributed by atoms with van der Waals surface area (Å²) in [5, 5.41) is 2.63. The van der Waals surface area contributed by atoms with Gasteiger partial charge < -0.3 is 19.5 Å². The Morgan fingerprint density at radius 1 is 1.38 bits per heavy atom. The Morgan fingerprint density at radius 2 is 2.19 bits per heavy atom. The first-order chi connectivity index (χ1) is 10.1. The molecule has 0 aromatic heterocycles. The summed E-state index contributed by atoms with van der Waals surface area (Å²) in [5.74, 6) is -1.20. The molecule has 0 saturated carbocycles. The third kappa shape index (κ3) is 4.49. The van der Waals surface area contributed by atoms with Crippen LogP contribution < -0.4 is 5.32 Å². The third-order valence-electron chi connectivity index (χ3n) is 2.64. The predicted octanol–water partition coefficient (Wildman–Crippen LogP) is 2.13. The van der Waals surface area contributed by atoms with Crippen molar-refractivity contribution in [1.82, 2.24) is 0 Å². The van der Waals surface area contributed by atoms with E-state index in [0.29, 0.717) is 12.3 Å². The van der Waals surface area contributed by atoms with E-state index in [4.69, 9.17) is 14.2 Å². The van der Waals surface area contributed by atoms with Crippen LogP contribution >= 0.6 is 15.9 Å². The molecular formula is C14H14BrNO5. The van der Waals surface area contributed by atoms with Gasteiger partial charge in [-0.15, -0.1) is 0 Å². The Balaban J connectivity index is 1.83. The highest BCUT2D eigenvalue weighted by atomic mass is 79.9. The molecule has 0 atom stereocenters. The van der Waals surface area contributed by atoms with Crippen molar-refractivity contribution in [2.75, 3.05) is 25.1 Å². The molecule has 1 aromatic carbocycles. The summed E-state index contributed by atoms with van der Waals surface area (Å²) in [4.78, 5) is 23.3. The molecule has 0 aliphatic carbocycles. The highest BCUT2D eigenvalue weighted by Gasteiger charge is 2.17. The van der Waals surface area contributed by atoms with Crippen LogP contribution in [0, 0.1) is 6.92 Å². The lowest BCUT2D eigenvalue weighted by Gasteiger charge is -2.14. The fourth-order valence-electron chi connectivity index (χ4n) is 1.55. The van der Waals surface area contributed by atoms with Gasteiger partial charge >= 0.3 is 5.97 Å². The Morgan fingerprint density at radius 3 is 2.86 bits per heavy atom. The van der Waals surface area contributed by atoms with Crippen LogP contribution in [-0.4, -0.2) is 31.7 Å². The number of hydrogen-bond acceptors (Lipinski definition) is 5. The van der Waals surface area contributed by atoms with Crippen molar-refractivity contribution < 1.29 is 23.8 Å². The van der Waals surface area contributed by atoms with Crippen LogP contribution in [0.2, 0.25) is 0 Å².